The van der Waals surface area contributed by atoms with E-state index in [0.29, 0.717) is 6.54 Å². The molecule has 1 N–H and O–H groups in total. The zero-order valence-electron chi connectivity index (χ0n) is 13.6. The number of carbonyl (C=O) groups is 1. The largest absolute Gasteiger partial charge is 0.350 e. The molecule has 1 amide bonds. The van der Waals surface area contributed by atoms with Gasteiger partial charge in [-0.15, -0.1) is 11.3 Å². The van der Waals surface area contributed by atoms with Gasteiger partial charge in [0.1, 0.15) is 0 Å². The van der Waals surface area contributed by atoms with Crippen LogP contribution in [0.2, 0.25) is 0 Å². The van der Waals surface area contributed by atoms with Gasteiger partial charge >= 0.3 is 0 Å². The maximum absolute atomic E-state index is 12.1. The Kier molecular flexibility index (Phi) is 5.27. The van der Waals surface area contributed by atoms with Crippen molar-refractivity contribution in [3.63, 3.8) is 0 Å². The van der Waals surface area contributed by atoms with Crippen molar-refractivity contribution >= 4 is 34.7 Å². The van der Waals surface area contributed by atoms with Crippen LogP contribution in [0.3, 0.4) is 0 Å². The summed E-state index contributed by atoms with van der Waals surface area (Å²) in [7, 11) is 0. The lowest BCUT2D eigenvalue weighted by molar-refractivity contribution is -0.116. The molecule has 0 aliphatic carbocycles. The maximum Gasteiger partial charge on any atom is 0.244 e. The number of carbonyl (C=O) groups excluding carboxylic acids is 1. The number of aromatic nitrogens is 2. The van der Waals surface area contributed by atoms with Crippen LogP contribution in [0.4, 0.5) is 0 Å². The van der Waals surface area contributed by atoms with Crippen molar-refractivity contribution < 1.29 is 4.79 Å². The van der Waals surface area contributed by atoms with Crippen LogP contribution in [-0.2, 0) is 4.79 Å². The van der Waals surface area contributed by atoms with E-state index < -0.39 is 0 Å². The first kappa shape index (κ1) is 16.7. The Morgan fingerprint density at radius 2 is 2.25 bits per heavy atom. The molecule has 3 aromatic heterocycles. The molecule has 4 nitrogen and oxygen atoms in total. The summed E-state index contributed by atoms with van der Waals surface area (Å²) in [5, 5.41) is 13.7. The fourth-order valence-electron chi connectivity index (χ4n) is 2.57. The molecular weight excluding hydrogens is 338 g/mol. The molecule has 0 aliphatic rings. The molecule has 0 aromatic carbocycles. The Labute approximate surface area is 149 Å². The smallest absolute Gasteiger partial charge is 0.244 e. The van der Waals surface area contributed by atoms with E-state index in [1.807, 2.05) is 47.5 Å². The molecule has 0 unspecified atom stereocenters. The monoisotopic (exact) mass is 357 g/mol. The molecular formula is C18H19N3OS2. The zero-order chi connectivity index (χ0) is 16.9. The van der Waals surface area contributed by atoms with Gasteiger partial charge in [-0.3, -0.25) is 9.48 Å². The van der Waals surface area contributed by atoms with E-state index in [0.717, 1.165) is 21.8 Å². The number of rotatable bonds is 6. The molecule has 1 atom stereocenters. The van der Waals surface area contributed by atoms with Crippen LogP contribution in [0, 0.1) is 13.8 Å². The second kappa shape index (κ2) is 7.59. The van der Waals surface area contributed by atoms with Crippen LogP contribution in [-0.4, -0.2) is 22.2 Å². The topological polar surface area (TPSA) is 46.9 Å². The molecule has 0 aliphatic heterocycles. The van der Waals surface area contributed by atoms with Gasteiger partial charge in [-0.2, -0.15) is 16.4 Å². The Hall–Kier alpha value is -2.18. The maximum atomic E-state index is 12.1. The van der Waals surface area contributed by atoms with E-state index >= 15 is 0 Å². The molecule has 3 rings (SSSR count). The summed E-state index contributed by atoms with van der Waals surface area (Å²) in [6.45, 7) is 4.53. The fraction of sp³-hybridized carbons (Fsp3) is 0.222. The molecule has 0 radical (unpaired) electrons. The second-order valence-corrected chi connectivity index (χ2v) is 7.30. The van der Waals surface area contributed by atoms with E-state index in [2.05, 4.69) is 27.9 Å². The molecule has 0 bridgehead atoms. The van der Waals surface area contributed by atoms with Gasteiger partial charge in [0.25, 0.3) is 0 Å². The highest BCUT2D eigenvalue weighted by atomic mass is 32.1. The van der Waals surface area contributed by atoms with Gasteiger partial charge < -0.3 is 5.32 Å². The molecule has 0 fully saturated rings. The average Bonchev–Trinajstić information content (AvgIpc) is 3.29. The van der Waals surface area contributed by atoms with Crippen molar-refractivity contribution in [3.8, 4) is 0 Å². The molecule has 24 heavy (non-hydrogen) atoms. The lowest BCUT2D eigenvalue weighted by Crippen LogP contribution is -2.30. The van der Waals surface area contributed by atoms with Gasteiger partial charge in [-0.05, 0) is 59.8 Å². The predicted molar refractivity (Wildman–Crippen MR) is 101 cm³/mol. The van der Waals surface area contributed by atoms with E-state index in [-0.39, 0.29) is 11.9 Å². The van der Waals surface area contributed by atoms with Gasteiger partial charge in [-0.25, -0.2) is 0 Å². The standard InChI is InChI=1S/C18H19N3OS2/c1-13-10-14(2)21(20-13)17(15-7-9-23-12-15)11-19-18(22)6-5-16-4-3-8-24-16/h3-10,12,17H,11H2,1-2H3,(H,19,22)/b6-5+/t17-/m0/s1. The van der Waals surface area contributed by atoms with Crippen LogP contribution in [0.25, 0.3) is 6.08 Å². The SMILES string of the molecule is Cc1cc(C)n([C@@H](CNC(=O)/C=C/c2cccs2)c2ccsc2)n1. The van der Waals surface area contributed by atoms with E-state index in [1.54, 1.807) is 28.7 Å². The third-order valence-electron chi connectivity index (χ3n) is 3.68. The number of hydrogen-bond acceptors (Lipinski definition) is 4. The van der Waals surface area contributed by atoms with Gasteiger partial charge in [0.15, 0.2) is 0 Å². The molecule has 3 aromatic rings. The minimum atomic E-state index is -0.0924. The number of hydrogen-bond donors (Lipinski definition) is 1. The first-order valence-corrected chi connectivity index (χ1v) is 9.50. The Balaban J connectivity index is 1.71. The summed E-state index contributed by atoms with van der Waals surface area (Å²) in [5.74, 6) is -0.0924. The first-order valence-electron chi connectivity index (χ1n) is 7.68. The number of aryl methyl sites for hydroxylation is 2. The summed E-state index contributed by atoms with van der Waals surface area (Å²) >= 11 is 3.26. The van der Waals surface area contributed by atoms with Crippen molar-refractivity contribution in [1.82, 2.24) is 15.1 Å². The Bertz CT molecular complexity index is 817. The number of amides is 1. The van der Waals surface area contributed by atoms with Crippen molar-refractivity contribution in [2.24, 2.45) is 0 Å². The van der Waals surface area contributed by atoms with Crippen LogP contribution >= 0.6 is 22.7 Å². The quantitative estimate of drug-likeness (QED) is 0.677. The van der Waals surface area contributed by atoms with Gasteiger partial charge in [0.05, 0.1) is 11.7 Å². The molecule has 6 heteroatoms. The molecule has 0 saturated heterocycles. The van der Waals surface area contributed by atoms with Crippen LogP contribution < -0.4 is 5.32 Å². The molecule has 3 heterocycles. The van der Waals surface area contributed by atoms with Crippen molar-refractivity contribution in [2.45, 2.75) is 19.9 Å². The van der Waals surface area contributed by atoms with Gasteiger partial charge in [-0.1, -0.05) is 6.07 Å². The average molecular weight is 358 g/mol. The van der Waals surface area contributed by atoms with Crippen molar-refractivity contribution in [1.29, 1.82) is 0 Å². The third-order valence-corrected chi connectivity index (χ3v) is 5.22. The summed E-state index contributed by atoms with van der Waals surface area (Å²) in [6, 6.07) is 8.09. The fourth-order valence-corrected chi connectivity index (χ4v) is 3.90. The lowest BCUT2D eigenvalue weighted by Gasteiger charge is -2.18. The minimum absolute atomic E-state index is 0.00374. The first-order chi connectivity index (χ1) is 11.6. The summed E-state index contributed by atoms with van der Waals surface area (Å²) in [5.41, 5.74) is 3.23. The van der Waals surface area contributed by atoms with E-state index in [1.165, 1.54) is 0 Å². The molecule has 0 spiro atoms. The van der Waals surface area contributed by atoms with E-state index in [4.69, 9.17) is 0 Å². The Morgan fingerprint density at radius 3 is 2.88 bits per heavy atom. The van der Waals surface area contributed by atoms with Crippen molar-refractivity contribution in [3.05, 3.63) is 68.3 Å². The second-order valence-electron chi connectivity index (χ2n) is 5.54. The van der Waals surface area contributed by atoms with Gasteiger partial charge in [0.2, 0.25) is 5.91 Å². The zero-order valence-corrected chi connectivity index (χ0v) is 15.2. The number of nitrogens with one attached hydrogen (secondary N) is 1. The number of thiophene rings is 2. The highest BCUT2D eigenvalue weighted by Gasteiger charge is 2.18. The summed E-state index contributed by atoms with van der Waals surface area (Å²) < 4.78 is 1.99. The number of nitrogens with zero attached hydrogens (tertiary/aromatic N) is 2. The predicted octanol–water partition coefficient (Wildman–Crippen LogP) is 4.04. The molecule has 0 saturated carbocycles. The minimum Gasteiger partial charge on any atom is -0.350 e. The third kappa shape index (κ3) is 4.01. The van der Waals surface area contributed by atoms with Gasteiger partial charge in [0, 0.05) is 23.2 Å². The summed E-state index contributed by atoms with van der Waals surface area (Å²) in [4.78, 5) is 13.2. The van der Waals surface area contributed by atoms with Crippen LogP contribution in [0.5, 0.6) is 0 Å². The molecule has 124 valence electrons. The van der Waals surface area contributed by atoms with Crippen molar-refractivity contribution in [2.75, 3.05) is 6.54 Å². The van der Waals surface area contributed by atoms with Crippen LogP contribution in [0.15, 0.2) is 46.5 Å². The lowest BCUT2D eigenvalue weighted by atomic mass is 10.1. The highest BCUT2D eigenvalue weighted by Crippen LogP contribution is 2.22. The highest BCUT2D eigenvalue weighted by molar-refractivity contribution is 7.10. The van der Waals surface area contributed by atoms with Crippen LogP contribution in [0.1, 0.15) is 27.9 Å². The Morgan fingerprint density at radius 1 is 1.38 bits per heavy atom. The van der Waals surface area contributed by atoms with E-state index in [9.17, 15) is 4.79 Å². The normalized spacial score (nSPS) is 12.6. The summed E-state index contributed by atoms with van der Waals surface area (Å²) in [6.07, 6.45) is 3.42.